The molecular weight excluding hydrogens is 256 g/mol. The summed E-state index contributed by atoms with van der Waals surface area (Å²) in [5, 5.41) is 2.88. The molecule has 0 aliphatic rings. The van der Waals surface area contributed by atoms with Gasteiger partial charge in [-0.15, -0.1) is 0 Å². The Hall–Kier alpha value is -1.88. The fourth-order valence-corrected chi connectivity index (χ4v) is 1.74. The highest BCUT2D eigenvalue weighted by Crippen LogP contribution is 2.10. The molecule has 0 heterocycles. The Labute approximate surface area is 119 Å². The Morgan fingerprint density at radius 2 is 1.95 bits per heavy atom. The number of esters is 1. The van der Waals surface area contributed by atoms with Crippen LogP contribution in [0.1, 0.15) is 29.3 Å². The number of hydrogen-bond acceptors (Lipinski definition) is 4. The molecule has 0 aromatic heterocycles. The second-order valence-corrected chi connectivity index (χ2v) is 4.85. The number of carbonyl (C=O) groups is 2. The zero-order valence-corrected chi connectivity index (χ0v) is 12.3. The molecule has 0 unspecified atom stereocenters. The van der Waals surface area contributed by atoms with Crippen molar-refractivity contribution in [3.05, 3.63) is 35.4 Å². The normalized spacial score (nSPS) is 10.4. The second-order valence-electron chi connectivity index (χ2n) is 4.85. The van der Waals surface area contributed by atoms with E-state index in [0.29, 0.717) is 17.7 Å². The van der Waals surface area contributed by atoms with Crippen LogP contribution in [0.3, 0.4) is 0 Å². The first-order valence-electron chi connectivity index (χ1n) is 6.65. The third kappa shape index (κ3) is 5.84. The van der Waals surface area contributed by atoms with Gasteiger partial charge in [0, 0.05) is 24.6 Å². The van der Waals surface area contributed by atoms with Crippen molar-refractivity contribution in [1.29, 1.82) is 0 Å². The molecule has 5 nitrogen and oxygen atoms in total. The standard InChI is InChI=1S/C15H22N2O3/c1-12(18)20-11-13-7-4-5-8-14(13)15(19)16-9-6-10-17(2)3/h4-5,7-8H,6,9-11H2,1-3H3,(H,16,19). The minimum absolute atomic E-state index is 0.122. The Bertz CT molecular complexity index is 458. The van der Waals surface area contributed by atoms with Crippen molar-refractivity contribution in [3.8, 4) is 0 Å². The summed E-state index contributed by atoms with van der Waals surface area (Å²) in [6, 6.07) is 7.14. The van der Waals surface area contributed by atoms with E-state index in [2.05, 4.69) is 10.2 Å². The van der Waals surface area contributed by atoms with Crippen molar-refractivity contribution in [2.45, 2.75) is 20.0 Å². The lowest BCUT2D eigenvalue weighted by atomic mass is 10.1. The lowest BCUT2D eigenvalue weighted by molar-refractivity contribution is -0.142. The van der Waals surface area contributed by atoms with Crippen LogP contribution in [0.2, 0.25) is 0 Å². The topological polar surface area (TPSA) is 58.6 Å². The second kappa shape index (κ2) is 8.32. The SMILES string of the molecule is CC(=O)OCc1ccccc1C(=O)NCCCN(C)C. The molecule has 0 saturated carbocycles. The summed E-state index contributed by atoms with van der Waals surface area (Å²) in [4.78, 5) is 25.0. The summed E-state index contributed by atoms with van der Waals surface area (Å²) in [6.45, 7) is 3.02. The molecule has 1 rings (SSSR count). The number of ether oxygens (including phenoxy) is 1. The van der Waals surface area contributed by atoms with E-state index in [1.807, 2.05) is 20.2 Å². The molecule has 0 spiro atoms. The molecule has 1 amide bonds. The predicted molar refractivity (Wildman–Crippen MR) is 77.4 cm³/mol. The van der Waals surface area contributed by atoms with Gasteiger partial charge >= 0.3 is 5.97 Å². The van der Waals surface area contributed by atoms with Crippen molar-refractivity contribution >= 4 is 11.9 Å². The molecular formula is C15H22N2O3. The highest BCUT2D eigenvalue weighted by atomic mass is 16.5. The van der Waals surface area contributed by atoms with E-state index >= 15 is 0 Å². The first-order chi connectivity index (χ1) is 9.50. The van der Waals surface area contributed by atoms with E-state index in [0.717, 1.165) is 13.0 Å². The number of hydrogen-bond donors (Lipinski definition) is 1. The third-order valence-corrected chi connectivity index (χ3v) is 2.76. The van der Waals surface area contributed by atoms with Gasteiger partial charge in [-0.2, -0.15) is 0 Å². The fraction of sp³-hybridized carbons (Fsp3) is 0.467. The smallest absolute Gasteiger partial charge is 0.302 e. The molecule has 5 heteroatoms. The predicted octanol–water partition coefficient (Wildman–Crippen LogP) is 1.43. The van der Waals surface area contributed by atoms with Crippen LogP contribution >= 0.6 is 0 Å². The molecule has 20 heavy (non-hydrogen) atoms. The van der Waals surface area contributed by atoms with Gasteiger partial charge in [0.1, 0.15) is 6.61 Å². The summed E-state index contributed by atoms with van der Waals surface area (Å²) >= 11 is 0. The molecule has 0 bridgehead atoms. The quantitative estimate of drug-likeness (QED) is 0.605. The minimum atomic E-state index is -0.355. The average molecular weight is 278 g/mol. The number of nitrogens with zero attached hydrogens (tertiary/aromatic N) is 1. The Kier molecular flexibility index (Phi) is 6.73. The Morgan fingerprint density at radius 3 is 2.60 bits per heavy atom. The van der Waals surface area contributed by atoms with Crippen LogP contribution in [0, 0.1) is 0 Å². The van der Waals surface area contributed by atoms with Crippen molar-refractivity contribution < 1.29 is 14.3 Å². The van der Waals surface area contributed by atoms with Crippen LogP contribution in [-0.2, 0) is 16.1 Å². The van der Waals surface area contributed by atoms with E-state index in [-0.39, 0.29) is 18.5 Å². The first kappa shape index (κ1) is 16.2. The number of nitrogens with one attached hydrogen (secondary N) is 1. The molecule has 0 atom stereocenters. The molecule has 110 valence electrons. The lowest BCUT2D eigenvalue weighted by Gasteiger charge is -2.12. The molecule has 1 N–H and O–H groups in total. The van der Waals surface area contributed by atoms with E-state index < -0.39 is 0 Å². The van der Waals surface area contributed by atoms with Gasteiger partial charge < -0.3 is 15.0 Å². The van der Waals surface area contributed by atoms with E-state index in [9.17, 15) is 9.59 Å². The fourth-order valence-electron chi connectivity index (χ4n) is 1.74. The first-order valence-corrected chi connectivity index (χ1v) is 6.65. The van der Waals surface area contributed by atoms with Crippen LogP contribution in [0.4, 0.5) is 0 Å². The largest absolute Gasteiger partial charge is 0.461 e. The van der Waals surface area contributed by atoms with Crippen molar-refractivity contribution in [2.24, 2.45) is 0 Å². The van der Waals surface area contributed by atoms with E-state index in [4.69, 9.17) is 4.74 Å². The maximum atomic E-state index is 12.1. The molecule has 0 radical (unpaired) electrons. The number of amides is 1. The number of carbonyl (C=O) groups excluding carboxylic acids is 2. The number of rotatable bonds is 7. The summed E-state index contributed by atoms with van der Waals surface area (Å²) in [5.74, 6) is -0.488. The van der Waals surface area contributed by atoms with Crippen LogP contribution in [-0.4, -0.2) is 44.0 Å². The van der Waals surface area contributed by atoms with Crippen molar-refractivity contribution in [2.75, 3.05) is 27.2 Å². The van der Waals surface area contributed by atoms with Gasteiger partial charge in [0.25, 0.3) is 5.91 Å². The summed E-state index contributed by atoms with van der Waals surface area (Å²) in [6.07, 6.45) is 0.894. The van der Waals surface area contributed by atoms with Gasteiger partial charge in [-0.1, -0.05) is 18.2 Å². The van der Waals surface area contributed by atoms with Gasteiger partial charge in [0.05, 0.1) is 0 Å². The average Bonchev–Trinajstić information content (AvgIpc) is 2.41. The molecule has 0 fully saturated rings. The van der Waals surface area contributed by atoms with Crippen LogP contribution < -0.4 is 5.32 Å². The monoisotopic (exact) mass is 278 g/mol. The van der Waals surface area contributed by atoms with Crippen LogP contribution in [0.15, 0.2) is 24.3 Å². The minimum Gasteiger partial charge on any atom is -0.461 e. The third-order valence-electron chi connectivity index (χ3n) is 2.76. The summed E-state index contributed by atoms with van der Waals surface area (Å²) in [7, 11) is 3.99. The molecule has 0 saturated heterocycles. The van der Waals surface area contributed by atoms with Gasteiger partial charge in [-0.25, -0.2) is 0 Å². The Balaban J connectivity index is 2.56. The number of benzene rings is 1. The zero-order chi connectivity index (χ0) is 15.0. The maximum absolute atomic E-state index is 12.1. The summed E-state index contributed by atoms with van der Waals surface area (Å²) < 4.78 is 4.95. The van der Waals surface area contributed by atoms with Gasteiger partial charge in [-0.3, -0.25) is 9.59 Å². The van der Waals surface area contributed by atoms with Gasteiger partial charge in [-0.05, 0) is 33.1 Å². The maximum Gasteiger partial charge on any atom is 0.302 e. The van der Waals surface area contributed by atoms with Gasteiger partial charge in [0.15, 0.2) is 0 Å². The van der Waals surface area contributed by atoms with Crippen molar-refractivity contribution in [3.63, 3.8) is 0 Å². The highest BCUT2D eigenvalue weighted by molar-refractivity contribution is 5.95. The lowest BCUT2D eigenvalue weighted by Crippen LogP contribution is -2.28. The molecule has 1 aromatic carbocycles. The van der Waals surface area contributed by atoms with E-state index in [1.165, 1.54) is 6.92 Å². The Morgan fingerprint density at radius 1 is 1.25 bits per heavy atom. The van der Waals surface area contributed by atoms with Crippen LogP contribution in [0.25, 0.3) is 0 Å². The van der Waals surface area contributed by atoms with Gasteiger partial charge in [0.2, 0.25) is 0 Å². The molecule has 1 aromatic rings. The molecule has 0 aliphatic carbocycles. The summed E-state index contributed by atoms with van der Waals surface area (Å²) in [5.41, 5.74) is 1.27. The zero-order valence-electron chi connectivity index (χ0n) is 12.3. The van der Waals surface area contributed by atoms with E-state index in [1.54, 1.807) is 18.2 Å². The van der Waals surface area contributed by atoms with Crippen molar-refractivity contribution in [1.82, 2.24) is 10.2 Å². The molecule has 0 aliphatic heterocycles. The van der Waals surface area contributed by atoms with Crippen LogP contribution in [0.5, 0.6) is 0 Å². The highest BCUT2D eigenvalue weighted by Gasteiger charge is 2.11.